The number of fused-ring (bicyclic) bond motifs is 3. The molecule has 2 aromatic heterocycles. The summed E-state index contributed by atoms with van der Waals surface area (Å²) in [6.45, 7) is 0. The monoisotopic (exact) mass is 405 g/mol. The van der Waals surface area contributed by atoms with Gasteiger partial charge in [0.1, 0.15) is 17.3 Å². The van der Waals surface area contributed by atoms with Gasteiger partial charge in [-0.1, -0.05) is 12.1 Å². The number of rotatable bonds is 3. The van der Waals surface area contributed by atoms with Crippen LogP contribution in [0.3, 0.4) is 0 Å². The lowest BCUT2D eigenvalue weighted by atomic mass is 10.1. The predicted octanol–water partition coefficient (Wildman–Crippen LogP) is 4.08. The number of amides is 1. The number of benzene rings is 2. The Bertz CT molecular complexity index is 1230. The zero-order valence-corrected chi connectivity index (χ0v) is 15.8. The number of halogens is 2. The van der Waals surface area contributed by atoms with Crippen LogP contribution in [0.25, 0.3) is 11.4 Å². The second kappa shape index (κ2) is 7.22. The molecule has 4 aromatic rings. The second-order valence-electron chi connectivity index (χ2n) is 7.10. The number of carbonyl (C=O) groups excluding carboxylic acids is 1. The summed E-state index contributed by atoms with van der Waals surface area (Å²) in [6, 6.07) is 12.9. The molecule has 0 unspecified atom stereocenters. The van der Waals surface area contributed by atoms with E-state index >= 15 is 0 Å². The first-order valence-electron chi connectivity index (χ1n) is 9.58. The minimum Gasteiger partial charge on any atom is -0.316 e. The number of para-hydroxylation sites is 1. The molecule has 30 heavy (non-hydrogen) atoms. The van der Waals surface area contributed by atoms with Crippen LogP contribution in [-0.4, -0.2) is 25.5 Å². The molecular weight excluding hydrogens is 388 g/mol. The fourth-order valence-corrected chi connectivity index (χ4v) is 3.70. The highest BCUT2D eigenvalue weighted by atomic mass is 19.1. The first-order valence-corrected chi connectivity index (χ1v) is 9.58. The van der Waals surface area contributed by atoms with Gasteiger partial charge in [-0.05, 0) is 61.2 Å². The summed E-state index contributed by atoms with van der Waals surface area (Å²) in [5.74, 6) is -2.33. The van der Waals surface area contributed by atoms with E-state index in [1.54, 1.807) is 21.6 Å². The van der Waals surface area contributed by atoms with E-state index in [1.165, 1.54) is 6.07 Å². The Balaban J connectivity index is 1.53. The summed E-state index contributed by atoms with van der Waals surface area (Å²) in [7, 11) is 0. The van der Waals surface area contributed by atoms with Crippen LogP contribution in [0.15, 0.2) is 60.9 Å². The van der Waals surface area contributed by atoms with E-state index in [4.69, 9.17) is 0 Å². The standard InChI is InChI=1S/C22H17F2N5O/c23-17-6-2-7-18(24)21(17)26-22(30)19-12-16-5-1-4-14-8-9-15(28-11-3-10-25-28)13-20(14)29(16)27-19/h2-3,6-13H,1,4-5H2,(H,26,30). The number of carbonyl (C=O) groups is 1. The molecular formula is C22H17F2N5O. The van der Waals surface area contributed by atoms with Crippen molar-refractivity contribution in [3.8, 4) is 11.4 Å². The highest BCUT2D eigenvalue weighted by Crippen LogP contribution is 2.27. The van der Waals surface area contributed by atoms with Crippen molar-refractivity contribution in [1.82, 2.24) is 19.6 Å². The van der Waals surface area contributed by atoms with E-state index in [1.807, 2.05) is 30.5 Å². The van der Waals surface area contributed by atoms with Crippen molar-refractivity contribution < 1.29 is 13.6 Å². The Kier molecular flexibility index (Phi) is 4.39. The largest absolute Gasteiger partial charge is 0.316 e. The average molecular weight is 405 g/mol. The van der Waals surface area contributed by atoms with Gasteiger partial charge in [0.15, 0.2) is 5.69 Å². The minimum atomic E-state index is -0.835. The van der Waals surface area contributed by atoms with Gasteiger partial charge in [-0.15, -0.1) is 0 Å². The lowest BCUT2D eigenvalue weighted by Crippen LogP contribution is -2.15. The molecule has 0 radical (unpaired) electrons. The molecule has 150 valence electrons. The third-order valence-corrected chi connectivity index (χ3v) is 5.16. The summed E-state index contributed by atoms with van der Waals surface area (Å²) in [6.07, 6.45) is 6.09. The Morgan fingerprint density at radius 2 is 1.87 bits per heavy atom. The van der Waals surface area contributed by atoms with Crippen LogP contribution in [0.2, 0.25) is 0 Å². The molecule has 0 spiro atoms. The van der Waals surface area contributed by atoms with Crippen molar-refractivity contribution in [2.75, 3.05) is 5.32 Å². The lowest BCUT2D eigenvalue weighted by molar-refractivity contribution is 0.102. The topological polar surface area (TPSA) is 64.7 Å². The zero-order valence-electron chi connectivity index (χ0n) is 15.8. The number of nitrogens with one attached hydrogen (secondary N) is 1. The normalized spacial score (nSPS) is 12.7. The number of hydrogen-bond acceptors (Lipinski definition) is 3. The molecule has 5 rings (SSSR count). The van der Waals surface area contributed by atoms with Gasteiger partial charge < -0.3 is 5.32 Å². The highest BCUT2D eigenvalue weighted by molar-refractivity contribution is 6.03. The minimum absolute atomic E-state index is 0.102. The van der Waals surface area contributed by atoms with E-state index in [0.717, 1.165) is 54.0 Å². The van der Waals surface area contributed by atoms with Gasteiger partial charge in [0.2, 0.25) is 0 Å². The molecule has 0 aliphatic carbocycles. The average Bonchev–Trinajstić information content (AvgIpc) is 3.39. The third-order valence-electron chi connectivity index (χ3n) is 5.16. The van der Waals surface area contributed by atoms with E-state index in [0.29, 0.717) is 0 Å². The van der Waals surface area contributed by atoms with Crippen LogP contribution >= 0.6 is 0 Å². The van der Waals surface area contributed by atoms with E-state index in [-0.39, 0.29) is 5.69 Å². The van der Waals surface area contributed by atoms with Gasteiger partial charge >= 0.3 is 0 Å². The van der Waals surface area contributed by atoms with Crippen LogP contribution in [0, 0.1) is 11.6 Å². The van der Waals surface area contributed by atoms with Gasteiger partial charge in [0.05, 0.1) is 11.4 Å². The molecule has 2 aromatic carbocycles. The summed E-state index contributed by atoms with van der Waals surface area (Å²) >= 11 is 0. The van der Waals surface area contributed by atoms with Crippen LogP contribution in [0.4, 0.5) is 14.5 Å². The van der Waals surface area contributed by atoms with Crippen LogP contribution < -0.4 is 5.32 Å². The van der Waals surface area contributed by atoms with Gasteiger partial charge in [-0.25, -0.2) is 18.1 Å². The van der Waals surface area contributed by atoms with Crippen LogP contribution in [0.1, 0.15) is 28.2 Å². The van der Waals surface area contributed by atoms with Crippen LogP contribution in [0.5, 0.6) is 0 Å². The van der Waals surface area contributed by atoms with Gasteiger partial charge in [0.25, 0.3) is 5.91 Å². The Morgan fingerprint density at radius 1 is 1.03 bits per heavy atom. The van der Waals surface area contributed by atoms with Crippen molar-refractivity contribution in [3.63, 3.8) is 0 Å². The molecule has 0 saturated carbocycles. The molecule has 8 heteroatoms. The molecule has 0 atom stereocenters. The molecule has 0 bridgehead atoms. The maximum absolute atomic E-state index is 13.9. The highest BCUT2D eigenvalue weighted by Gasteiger charge is 2.22. The Labute approximate surface area is 170 Å². The predicted molar refractivity (Wildman–Crippen MR) is 107 cm³/mol. The third kappa shape index (κ3) is 3.16. The van der Waals surface area contributed by atoms with E-state index in [2.05, 4.69) is 15.5 Å². The maximum Gasteiger partial charge on any atom is 0.276 e. The lowest BCUT2D eigenvalue weighted by Gasteiger charge is -2.11. The Hall–Kier alpha value is -3.81. The molecule has 0 fully saturated rings. The first-order chi connectivity index (χ1) is 14.6. The van der Waals surface area contributed by atoms with Crippen molar-refractivity contribution in [2.24, 2.45) is 0 Å². The molecule has 1 amide bonds. The number of hydrogen-bond donors (Lipinski definition) is 1. The SMILES string of the molecule is O=C(Nc1c(F)cccc1F)c1cc2n(n1)-c1cc(-n3cccn3)ccc1CCC2. The van der Waals surface area contributed by atoms with E-state index < -0.39 is 23.2 Å². The number of nitrogens with zero attached hydrogens (tertiary/aromatic N) is 4. The number of anilines is 1. The molecule has 1 aliphatic heterocycles. The smallest absolute Gasteiger partial charge is 0.276 e. The van der Waals surface area contributed by atoms with Crippen LogP contribution in [-0.2, 0) is 12.8 Å². The molecule has 0 saturated heterocycles. The van der Waals surface area contributed by atoms with Gasteiger partial charge in [-0.3, -0.25) is 4.79 Å². The van der Waals surface area contributed by atoms with Crippen molar-refractivity contribution >= 4 is 11.6 Å². The fraction of sp³-hybridized carbons (Fsp3) is 0.136. The molecule has 1 N–H and O–H groups in total. The fourth-order valence-electron chi connectivity index (χ4n) is 3.70. The molecule has 6 nitrogen and oxygen atoms in total. The quantitative estimate of drug-likeness (QED) is 0.559. The van der Waals surface area contributed by atoms with E-state index in [9.17, 15) is 13.6 Å². The van der Waals surface area contributed by atoms with Gasteiger partial charge in [-0.2, -0.15) is 10.2 Å². The summed E-state index contributed by atoms with van der Waals surface area (Å²) < 4.78 is 31.3. The molecule has 3 heterocycles. The number of aryl methyl sites for hydroxylation is 2. The van der Waals surface area contributed by atoms with Crippen molar-refractivity contribution in [2.45, 2.75) is 19.3 Å². The summed E-state index contributed by atoms with van der Waals surface area (Å²) in [4.78, 5) is 12.7. The summed E-state index contributed by atoms with van der Waals surface area (Å²) in [5.41, 5.74) is 3.34. The number of aromatic nitrogens is 4. The maximum atomic E-state index is 13.9. The van der Waals surface area contributed by atoms with Gasteiger partial charge in [0, 0.05) is 18.1 Å². The van der Waals surface area contributed by atoms with Crippen molar-refractivity contribution in [3.05, 3.63) is 89.5 Å². The zero-order chi connectivity index (χ0) is 20.7. The molecule has 1 aliphatic rings. The second-order valence-corrected chi connectivity index (χ2v) is 7.10. The summed E-state index contributed by atoms with van der Waals surface area (Å²) in [5, 5.41) is 11.0. The van der Waals surface area contributed by atoms with Crippen molar-refractivity contribution in [1.29, 1.82) is 0 Å². The first kappa shape index (κ1) is 18.2. The Morgan fingerprint density at radius 3 is 2.63 bits per heavy atom.